The minimum absolute atomic E-state index is 0. The largest absolute Gasteiger partial charge is 0.383 e. The lowest BCUT2D eigenvalue weighted by molar-refractivity contribution is 0.873. The van der Waals surface area contributed by atoms with Crippen molar-refractivity contribution >= 4 is 29.6 Å². The van der Waals surface area contributed by atoms with Crippen LogP contribution in [-0.4, -0.2) is 4.98 Å². The average Bonchev–Trinajstić information content (AvgIpc) is 2.70. The summed E-state index contributed by atoms with van der Waals surface area (Å²) in [6, 6.07) is 5.58. The maximum absolute atomic E-state index is 6.05. The third kappa shape index (κ3) is 2.47. The van der Waals surface area contributed by atoms with Gasteiger partial charge in [-0.05, 0) is 28.5 Å². The summed E-state index contributed by atoms with van der Waals surface area (Å²) in [5, 5.41) is 4.03. The number of anilines is 1. The average molecular weight is 242 g/mol. The summed E-state index contributed by atoms with van der Waals surface area (Å²) in [7, 11) is 0. The first kappa shape index (κ1) is 12.0. The lowest BCUT2D eigenvalue weighted by Crippen LogP contribution is -2.13. The fourth-order valence-electron chi connectivity index (χ4n) is 1.32. The van der Waals surface area contributed by atoms with Crippen molar-refractivity contribution < 1.29 is 0 Å². The molecule has 15 heavy (non-hydrogen) atoms. The predicted molar refractivity (Wildman–Crippen MR) is 66.2 cm³/mol. The number of hydrogen-bond donors (Lipinski definition) is 2. The molecule has 4 N–H and O–H groups in total. The van der Waals surface area contributed by atoms with Gasteiger partial charge < -0.3 is 11.5 Å². The summed E-state index contributed by atoms with van der Waals surface area (Å²) in [5.41, 5.74) is 13.7. The Bertz CT molecular complexity index is 416. The van der Waals surface area contributed by atoms with E-state index in [1.165, 1.54) is 0 Å². The van der Waals surface area contributed by atoms with Crippen LogP contribution in [0.2, 0.25) is 0 Å². The molecule has 0 aliphatic rings. The fourth-order valence-corrected chi connectivity index (χ4v) is 2.02. The van der Waals surface area contributed by atoms with E-state index >= 15 is 0 Å². The Morgan fingerprint density at radius 3 is 2.73 bits per heavy atom. The van der Waals surface area contributed by atoms with Crippen LogP contribution in [0.15, 0.2) is 35.2 Å². The molecule has 0 fully saturated rings. The summed E-state index contributed by atoms with van der Waals surface area (Å²) in [4.78, 5) is 4.01. The van der Waals surface area contributed by atoms with Gasteiger partial charge in [-0.3, -0.25) is 0 Å². The zero-order valence-electron chi connectivity index (χ0n) is 7.96. The van der Waals surface area contributed by atoms with Crippen LogP contribution >= 0.6 is 23.7 Å². The molecular weight excluding hydrogens is 230 g/mol. The van der Waals surface area contributed by atoms with E-state index in [0.29, 0.717) is 5.82 Å². The van der Waals surface area contributed by atoms with Crippen LogP contribution in [0, 0.1) is 0 Å². The molecule has 80 valence electrons. The quantitative estimate of drug-likeness (QED) is 0.847. The van der Waals surface area contributed by atoms with E-state index in [1.807, 2.05) is 29.0 Å². The third-order valence-corrected chi connectivity index (χ3v) is 2.81. The van der Waals surface area contributed by atoms with E-state index in [2.05, 4.69) is 4.98 Å². The van der Waals surface area contributed by atoms with Crippen LogP contribution in [0.3, 0.4) is 0 Å². The Morgan fingerprint density at radius 2 is 2.13 bits per heavy atom. The number of pyridine rings is 1. The topological polar surface area (TPSA) is 64.9 Å². The normalized spacial score (nSPS) is 11.8. The second-order valence-electron chi connectivity index (χ2n) is 3.01. The van der Waals surface area contributed by atoms with Crippen LogP contribution in [0.1, 0.15) is 17.2 Å². The molecule has 0 aromatic carbocycles. The van der Waals surface area contributed by atoms with E-state index in [9.17, 15) is 0 Å². The lowest BCUT2D eigenvalue weighted by Gasteiger charge is -2.11. The number of aromatic nitrogens is 1. The summed E-state index contributed by atoms with van der Waals surface area (Å²) < 4.78 is 0. The molecule has 0 aliphatic carbocycles. The third-order valence-electron chi connectivity index (χ3n) is 2.11. The van der Waals surface area contributed by atoms with Gasteiger partial charge in [-0.1, -0.05) is 6.07 Å². The second-order valence-corrected chi connectivity index (χ2v) is 3.79. The van der Waals surface area contributed by atoms with Crippen molar-refractivity contribution in [1.29, 1.82) is 0 Å². The first-order chi connectivity index (χ1) is 6.79. The number of nitrogen functional groups attached to an aromatic ring is 1. The van der Waals surface area contributed by atoms with Crippen molar-refractivity contribution in [3.8, 4) is 0 Å². The molecular formula is C10H12ClN3S. The number of nitrogens with zero attached hydrogens (tertiary/aromatic N) is 1. The van der Waals surface area contributed by atoms with Crippen molar-refractivity contribution in [2.24, 2.45) is 5.73 Å². The standard InChI is InChI=1S/C10H11N3S.ClH/c11-9(7-3-5-14-6-7)8-2-1-4-13-10(8)12;/h1-6,9H,11H2,(H2,12,13);1H/t9-;/m0./s1. The van der Waals surface area contributed by atoms with E-state index in [1.54, 1.807) is 17.5 Å². The maximum Gasteiger partial charge on any atom is 0.128 e. The SMILES string of the molecule is Cl.Nc1ncccc1[C@@H](N)c1ccsc1. The predicted octanol–water partition coefficient (Wildman–Crippen LogP) is 2.20. The molecule has 2 aromatic heterocycles. The van der Waals surface area contributed by atoms with Gasteiger partial charge in [-0.15, -0.1) is 12.4 Å². The van der Waals surface area contributed by atoms with Crippen molar-refractivity contribution in [3.63, 3.8) is 0 Å². The molecule has 0 amide bonds. The number of thiophene rings is 1. The highest BCUT2D eigenvalue weighted by Gasteiger charge is 2.11. The highest BCUT2D eigenvalue weighted by atomic mass is 35.5. The minimum Gasteiger partial charge on any atom is -0.383 e. The summed E-state index contributed by atoms with van der Waals surface area (Å²) in [5.74, 6) is 0.506. The number of nitrogens with two attached hydrogens (primary N) is 2. The van der Waals surface area contributed by atoms with Gasteiger partial charge in [-0.25, -0.2) is 4.98 Å². The van der Waals surface area contributed by atoms with Gasteiger partial charge in [0.2, 0.25) is 0 Å². The van der Waals surface area contributed by atoms with Gasteiger partial charge in [-0.2, -0.15) is 11.3 Å². The molecule has 0 radical (unpaired) electrons. The molecule has 5 heteroatoms. The van der Waals surface area contributed by atoms with E-state index < -0.39 is 0 Å². The van der Waals surface area contributed by atoms with Crippen LogP contribution in [-0.2, 0) is 0 Å². The molecule has 0 unspecified atom stereocenters. The molecule has 0 spiro atoms. The molecule has 2 rings (SSSR count). The number of hydrogen-bond acceptors (Lipinski definition) is 4. The Labute approximate surface area is 98.5 Å². The molecule has 0 saturated carbocycles. The monoisotopic (exact) mass is 241 g/mol. The minimum atomic E-state index is -0.171. The summed E-state index contributed by atoms with van der Waals surface area (Å²) in [6.07, 6.45) is 1.67. The van der Waals surface area contributed by atoms with Crippen LogP contribution in [0.4, 0.5) is 5.82 Å². The van der Waals surface area contributed by atoms with E-state index in [4.69, 9.17) is 11.5 Å². The van der Waals surface area contributed by atoms with Crippen molar-refractivity contribution in [3.05, 3.63) is 46.3 Å². The maximum atomic E-state index is 6.05. The Balaban J connectivity index is 0.00000112. The molecule has 0 bridgehead atoms. The van der Waals surface area contributed by atoms with Gasteiger partial charge in [0.05, 0.1) is 6.04 Å². The molecule has 1 atom stereocenters. The Morgan fingerprint density at radius 1 is 1.33 bits per heavy atom. The number of halogens is 1. The van der Waals surface area contributed by atoms with Gasteiger partial charge in [0.25, 0.3) is 0 Å². The molecule has 0 aliphatic heterocycles. The van der Waals surface area contributed by atoms with Crippen molar-refractivity contribution in [2.75, 3.05) is 5.73 Å². The Kier molecular flexibility index (Phi) is 4.08. The zero-order chi connectivity index (χ0) is 9.97. The molecule has 3 nitrogen and oxygen atoms in total. The second kappa shape index (κ2) is 5.11. The molecule has 2 aromatic rings. The highest BCUT2D eigenvalue weighted by Crippen LogP contribution is 2.24. The van der Waals surface area contributed by atoms with Gasteiger partial charge in [0, 0.05) is 11.8 Å². The summed E-state index contributed by atoms with van der Waals surface area (Å²) >= 11 is 1.63. The van der Waals surface area contributed by atoms with Crippen LogP contribution in [0.25, 0.3) is 0 Å². The molecule has 0 saturated heterocycles. The highest BCUT2D eigenvalue weighted by molar-refractivity contribution is 7.08. The first-order valence-electron chi connectivity index (χ1n) is 4.27. The van der Waals surface area contributed by atoms with Gasteiger partial charge in [0.15, 0.2) is 0 Å². The Hall–Kier alpha value is -1.10. The van der Waals surface area contributed by atoms with Crippen molar-refractivity contribution in [2.45, 2.75) is 6.04 Å². The van der Waals surface area contributed by atoms with E-state index in [-0.39, 0.29) is 18.4 Å². The first-order valence-corrected chi connectivity index (χ1v) is 5.21. The molecule has 2 heterocycles. The number of rotatable bonds is 2. The summed E-state index contributed by atoms with van der Waals surface area (Å²) in [6.45, 7) is 0. The smallest absolute Gasteiger partial charge is 0.128 e. The fraction of sp³-hybridized carbons (Fsp3) is 0.100. The lowest BCUT2D eigenvalue weighted by atomic mass is 10.0. The van der Waals surface area contributed by atoms with Gasteiger partial charge >= 0.3 is 0 Å². The zero-order valence-corrected chi connectivity index (χ0v) is 9.59. The van der Waals surface area contributed by atoms with Crippen molar-refractivity contribution in [1.82, 2.24) is 4.98 Å². The van der Waals surface area contributed by atoms with E-state index in [0.717, 1.165) is 11.1 Å². The van der Waals surface area contributed by atoms with Crippen LogP contribution in [0.5, 0.6) is 0 Å². The van der Waals surface area contributed by atoms with Gasteiger partial charge in [0.1, 0.15) is 5.82 Å². The van der Waals surface area contributed by atoms with Crippen LogP contribution < -0.4 is 11.5 Å².